The third kappa shape index (κ3) is 4.59. The van der Waals surface area contributed by atoms with E-state index in [1.54, 1.807) is 4.90 Å². The molecule has 1 saturated heterocycles. The van der Waals surface area contributed by atoms with Crippen LogP contribution in [0.3, 0.4) is 0 Å². The van der Waals surface area contributed by atoms with E-state index in [2.05, 4.69) is 10.6 Å². The fourth-order valence-electron chi connectivity index (χ4n) is 1.52. The number of likely N-dealkylation sites (N-methyl/N-ethyl adjacent to an activating group) is 2. The van der Waals surface area contributed by atoms with Gasteiger partial charge in [0.25, 0.3) is 0 Å². The molecule has 0 aliphatic carbocycles. The molecule has 5 nitrogen and oxygen atoms in total. The lowest BCUT2D eigenvalue weighted by atomic mass is 10.2. The summed E-state index contributed by atoms with van der Waals surface area (Å²) in [7, 11) is 3.72. The van der Waals surface area contributed by atoms with Crippen molar-refractivity contribution in [2.45, 2.75) is 12.5 Å². The third-order valence-electron chi connectivity index (χ3n) is 2.54. The number of hydrogen-bond acceptors (Lipinski definition) is 4. The smallest absolute Gasteiger partial charge is 0.224 e. The highest BCUT2D eigenvalue weighted by molar-refractivity contribution is 5.76. The topological polar surface area (TPSA) is 53.6 Å². The lowest BCUT2D eigenvalue weighted by Crippen LogP contribution is -2.45. The lowest BCUT2D eigenvalue weighted by molar-refractivity contribution is -0.131. The highest BCUT2D eigenvalue weighted by Crippen LogP contribution is 2.01. The van der Waals surface area contributed by atoms with Crippen molar-refractivity contribution in [2.75, 3.05) is 46.9 Å². The molecule has 1 fully saturated rings. The molecule has 1 rings (SSSR count). The average molecular weight is 215 g/mol. The fraction of sp³-hybridized carbons (Fsp3) is 0.900. The van der Waals surface area contributed by atoms with Gasteiger partial charge in [0.2, 0.25) is 5.91 Å². The molecule has 1 aliphatic rings. The second-order valence-electron chi connectivity index (χ2n) is 3.85. The number of nitrogens with zero attached hydrogens (tertiary/aromatic N) is 1. The highest BCUT2D eigenvalue weighted by atomic mass is 16.5. The molecule has 1 atom stereocenters. The van der Waals surface area contributed by atoms with E-state index in [1.807, 2.05) is 14.1 Å². The first-order valence-electron chi connectivity index (χ1n) is 5.43. The summed E-state index contributed by atoms with van der Waals surface area (Å²) < 4.78 is 5.30. The summed E-state index contributed by atoms with van der Waals surface area (Å²) in [4.78, 5) is 13.5. The summed E-state index contributed by atoms with van der Waals surface area (Å²) in [6.07, 6.45) is 0.528. The molecule has 5 heteroatoms. The van der Waals surface area contributed by atoms with Crippen molar-refractivity contribution in [2.24, 2.45) is 0 Å². The van der Waals surface area contributed by atoms with Crippen molar-refractivity contribution in [1.29, 1.82) is 0 Å². The Morgan fingerprint density at radius 1 is 1.67 bits per heavy atom. The zero-order chi connectivity index (χ0) is 11.1. The normalized spacial score (nSPS) is 21.3. The summed E-state index contributed by atoms with van der Waals surface area (Å²) in [6, 6.07) is 0.184. The monoisotopic (exact) mass is 215 g/mol. The molecule has 0 bridgehead atoms. The molecule has 88 valence electrons. The minimum absolute atomic E-state index is 0.174. The second kappa shape index (κ2) is 6.76. The molecule has 1 amide bonds. The van der Waals surface area contributed by atoms with Crippen LogP contribution < -0.4 is 10.6 Å². The van der Waals surface area contributed by atoms with Crippen LogP contribution in [-0.2, 0) is 9.53 Å². The van der Waals surface area contributed by atoms with Crippen molar-refractivity contribution in [1.82, 2.24) is 15.5 Å². The number of carbonyl (C=O) groups excluding carboxylic acids is 1. The van der Waals surface area contributed by atoms with Gasteiger partial charge in [-0.15, -0.1) is 0 Å². The molecule has 15 heavy (non-hydrogen) atoms. The van der Waals surface area contributed by atoms with Gasteiger partial charge in [-0.25, -0.2) is 0 Å². The molecule has 1 heterocycles. The maximum atomic E-state index is 11.7. The predicted molar refractivity (Wildman–Crippen MR) is 58.8 cm³/mol. The first kappa shape index (κ1) is 12.4. The highest BCUT2D eigenvalue weighted by Gasteiger charge is 2.18. The molecular weight excluding hydrogens is 194 g/mol. The Balaban J connectivity index is 2.20. The third-order valence-corrected chi connectivity index (χ3v) is 2.54. The summed E-state index contributed by atoms with van der Waals surface area (Å²) in [5.74, 6) is 0.174. The molecule has 0 spiro atoms. The summed E-state index contributed by atoms with van der Waals surface area (Å²) >= 11 is 0. The van der Waals surface area contributed by atoms with Crippen LogP contribution in [0.4, 0.5) is 0 Å². The Bertz CT molecular complexity index is 193. The zero-order valence-electron chi connectivity index (χ0n) is 9.58. The van der Waals surface area contributed by atoms with Crippen LogP contribution >= 0.6 is 0 Å². The van der Waals surface area contributed by atoms with Crippen LogP contribution in [0.15, 0.2) is 0 Å². The number of ether oxygens (including phenoxy) is 1. The van der Waals surface area contributed by atoms with E-state index in [4.69, 9.17) is 4.74 Å². The van der Waals surface area contributed by atoms with E-state index in [9.17, 15) is 4.79 Å². The maximum absolute atomic E-state index is 11.7. The standard InChI is InChI=1S/C10H21N3O2/c1-11-3-5-13(2)10(14)7-9-8-15-6-4-12-9/h9,11-12H,3-8H2,1-2H3. The van der Waals surface area contributed by atoms with Crippen molar-refractivity contribution < 1.29 is 9.53 Å². The van der Waals surface area contributed by atoms with E-state index < -0.39 is 0 Å². The molecule has 0 radical (unpaired) electrons. The minimum Gasteiger partial charge on any atom is -0.378 e. The zero-order valence-corrected chi connectivity index (χ0v) is 9.58. The van der Waals surface area contributed by atoms with Crippen LogP contribution in [-0.4, -0.2) is 63.8 Å². The molecular formula is C10H21N3O2. The fourth-order valence-corrected chi connectivity index (χ4v) is 1.52. The van der Waals surface area contributed by atoms with E-state index in [0.29, 0.717) is 13.0 Å². The van der Waals surface area contributed by atoms with E-state index in [1.165, 1.54) is 0 Å². The SMILES string of the molecule is CNCCN(C)C(=O)CC1COCCN1. The summed E-state index contributed by atoms with van der Waals surface area (Å²) in [5.41, 5.74) is 0. The van der Waals surface area contributed by atoms with Gasteiger partial charge in [0.15, 0.2) is 0 Å². The van der Waals surface area contributed by atoms with Crippen LogP contribution in [0.5, 0.6) is 0 Å². The Morgan fingerprint density at radius 2 is 2.47 bits per heavy atom. The van der Waals surface area contributed by atoms with Crippen molar-refractivity contribution >= 4 is 5.91 Å². The lowest BCUT2D eigenvalue weighted by Gasteiger charge is -2.25. The Hall–Kier alpha value is -0.650. The average Bonchev–Trinajstić information content (AvgIpc) is 2.27. The van der Waals surface area contributed by atoms with Crippen LogP contribution in [0.2, 0.25) is 0 Å². The van der Waals surface area contributed by atoms with Gasteiger partial charge in [-0.05, 0) is 7.05 Å². The van der Waals surface area contributed by atoms with Crippen molar-refractivity contribution in [3.05, 3.63) is 0 Å². The quantitative estimate of drug-likeness (QED) is 0.620. The molecule has 0 aromatic heterocycles. The summed E-state index contributed by atoms with van der Waals surface area (Å²) in [6.45, 7) is 3.82. The molecule has 1 aliphatic heterocycles. The Kier molecular flexibility index (Phi) is 5.60. The van der Waals surface area contributed by atoms with Crippen LogP contribution in [0.25, 0.3) is 0 Å². The number of hydrogen-bond donors (Lipinski definition) is 2. The Morgan fingerprint density at radius 3 is 3.07 bits per heavy atom. The largest absolute Gasteiger partial charge is 0.378 e. The van der Waals surface area contributed by atoms with Gasteiger partial charge in [-0.2, -0.15) is 0 Å². The van der Waals surface area contributed by atoms with E-state index in [-0.39, 0.29) is 11.9 Å². The Labute approximate surface area is 91.2 Å². The number of amides is 1. The first-order chi connectivity index (χ1) is 7.24. The molecule has 0 saturated carbocycles. The van der Waals surface area contributed by atoms with Crippen molar-refractivity contribution in [3.63, 3.8) is 0 Å². The van der Waals surface area contributed by atoms with Gasteiger partial charge in [0, 0.05) is 39.1 Å². The van der Waals surface area contributed by atoms with Crippen LogP contribution in [0.1, 0.15) is 6.42 Å². The summed E-state index contributed by atoms with van der Waals surface area (Å²) in [5, 5.41) is 6.30. The number of rotatable bonds is 5. The van der Waals surface area contributed by atoms with Crippen molar-refractivity contribution in [3.8, 4) is 0 Å². The molecule has 0 aromatic carbocycles. The van der Waals surface area contributed by atoms with Crippen LogP contribution in [0, 0.1) is 0 Å². The molecule has 2 N–H and O–H groups in total. The van der Waals surface area contributed by atoms with Gasteiger partial charge < -0.3 is 20.3 Å². The van der Waals surface area contributed by atoms with Gasteiger partial charge in [0.05, 0.1) is 13.2 Å². The number of morpholine rings is 1. The first-order valence-corrected chi connectivity index (χ1v) is 5.43. The van der Waals surface area contributed by atoms with Gasteiger partial charge in [-0.3, -0.25) is 4.79 Å². The van der Waals surface area contributed by atoms with Gasteiger partial charge in [0.1, 0.15) is 0 Å². The molecule has 1 unspecified atom stereocenters. The number of carbonyl (C=O) groups is 1. The number of nitrogens with one attached hydrogen (secondary N) is 2. The van der Waals surface area contributed by atoms with Gasteiger partial charge >= 0.3 is 0 Å². The van der Waals surface area contributed by atoms with E-state index in [0.717, 1.165) is 26.2 Å². The van der Waals surface area contributed by atoms with Gasteiger partial charge in [-0.1, -0.05) is 0 Å². The minimum atomic E-state index is 0.174. The van der Waals surface area contributed by atoms with E-state index >= 15 is 0 Å². The molecule has 0 aromatic rings. The maximum Gasteiger partial charge on any atom is 0.224 e. The predicted octanol–water partition coefficient (Wildman–Crippen LogP) is -0.957. The second-order valence-corrected chi connectivity index (χ2v) is 3.85.